The Bertz CT molecular complexity index is 695. The van der Waals surface area contributed by atoms with E-state index in [2.05, 4.69) is 27.3 Å². The Morgan fingerprint density at radius 1 is 1.50 bits per heavy atom. The van der Waals surface area contributed by atoms with Crippen molar-refractivity contribution < 1.29 is 14.1 Å². The van der Waals surface area contributed by atoms with E-state index >= 15 is 0 Å². The van der Waals surface area contributed by atoms with Gasteiger partial charge >= 0.3 is 0 Å². The first kappa shape index (κ1) is 16.7. The van der Waals surface area contributed by atoms with Crippen LogP contribution < -0.4 is 5.32 Å². The Morgan fingerprint density at radius 2 is 2.33 bits per heavy atom. The van der Waals surface area contributed by atoms with Gasteiger partial charge in [-0.25, -0.2) is 4.98 Å². The molecule has 1 fully saturated rings. The minimum Gasteiger partial charge on any atom is -0.373 e. The van der Waals surface area contributed by atoms with E-state index in [4.69, 9.17) is 9.26 Å². The zero-order valence-electron chi connectivity index (χ0n) is 14.2. The van der Waals surface area contributed by atoms with Gasteiger partial charge in [0.15, 0.2) is 0 Å². The molecular formula is C16H23N5O3. The highest BCUT2D eigenvalue weighted by Crippen LogP contribution is 2.28. The second kappa shape index (κ2) is 7.14. The van der Waals surface area contributed by atoms with E-state index in [1.807, 2.05) is 17.8 Å². The highest BCUT2D eigenvalue weighted by molar-refractivity contribution is 5.91. The highest BCUT2D eigenvalue weighted by Gasteiger charge is 2.34. The van der Waals surface area contributed by atoms with E-state index in [0.717, 1.165) is 18.8 Å². The third-order valence-corrected chi connectivity index (χ3v) is 4.33. The summed E-state index contributed by atoms with van der Waals surface area (Å²) in [6.07, 6.45) is 3.49. The van der Waals surface area contributed by atoms with Crippen LogP contribution >= 0.6 is 0 Å². The van der Waals surface area contributed by atoms with Gasteiger partial charge in [-0.3, -0.25) is 9.69 Å². The summed E-state index contributed by atoms with van der Waals surface area (Å²) >= 11 is 0. The first-order chi connectivity index (χ1) is 11.6. The van der Waals surface area contributed by atoms with Gasteiger partial charge in [-0.1, -0.05) is 12.1 Å². The SMILES string of the molecule is CCN1CCO[C@@H](CNC(=O)c2cc(C)no2)[C@@H]1c1cncn1C. The predicted molar refractivity (Wildman–Crippen MR) is 86.5 cm³/mol. The molecule has 0 aromatic carbocycles. The number of morpholine rings is 1. The summed E-state index contributed by atoms with van der Waals surface area (Å²) < 4.78 is 12.9. The van der Waals surface area contributed by atoms with Crippen LogP contribution in [0.2, 0.25) is 0 Å². The molecule has 8 heteroatoms. The lowest BCUT2D eigenvalue weighted by atomic mass is 10.0. The average molecular weight is 333 g/mol. The molecule has 3 heterocycles. The molecule has 1 amide bonds. The Balaban J connectivity index is 1.72. The predicted octanol–water partition coefficient (Wildman–Crippen LogP) is 0.908. The summed E-state index contributed by atoms with van der Waals surface area (Å²) in [5, 5.41) is 6.62. The molecule has 2 atom stereocenters. The van der Waals surface area contributed by atoms with Crippen LogP contribution in [0.25, 0.3) is 0 Å². The molecule has 1 saturated heterocycles. The van der Waals surface area contributed by atoms with Gasteiger partial charge in [-0.15, -0.1) is 0 Å². The third-order valence-electron chi connectivity index (χ3n) is 4.33. The molecule has 3 rings (SSSR count). The molecule has 0 radical (unpaired) electrons. The number of hydrogen-bond acceptors (Lipinski definition) is 6. The van der Waals surface area contributed by atoms with E-state index in [-0.39, 0.29) is 23.8 Å². The van der Waals surface area contributed by atoms with Gasteiger partial charge in [0.25, 0.3) is 5.91 Å². The number of hydrogen-bond donors (Lipinski definition) is 1. The second-order valence-electron chi connectivity index (χ2n) is 5.95. The van der Waals surface area contributed by atoms with Crippen LogP contribution in [0.5, 0.6) is 0 Å². The molecule has 130 valence electrons. The molecule has 1 N–H and O–H groups in total. The summed E-state index contributed by atoms with van der Waals surface area (Å²) in [4.78, 5) is 18.7. The largest absolute Gasteiger partial charge is 0.373 e. The molecule has 0 saturated carbocycles. The molecule has 0 spiro atoms. The summed E-state index contributed by atoms with van der Waals surface area (Å²) in [7, 11) is 1.97. The van der Waals surface area contributed by atoms with Crippen molar-refractivity contribution in [3.8, 4) is 0 Å². The summed E-state index contributed by atoms with van der Waals surface area (Å²) in [6.45, 7) is 6.71. The van der Waals surface area contributed by atoms with Crippen molar-refractivity contribution >= 4 is 5.91 Å². The number of aryl methyl sites for hydroxylation is 2. The lowest BCUT2D eigenvalue weighted by molar-refractivity contribution is -0.0706. The fraction of sp³-hybridized carbons (Fsp3) is 0.562. The molecule has 2 aromatic heterocycles. The first-order valence-electron chi connectivity index (χ1n) is 8.13. The van der Waals surface area contributed by atoms with Gasteiger partial charge < -0.3 is 19.1 Å². The zero-order valence-corrected chi connectivity index (χ0v) is 14.2. The summed E-state index contributed by atoms with van der Waals surface area (Å²) in [5.74, 6) is -0.0654. The number of ether oxygens (including phenoxy) is 1. The summed E-state index contributed by atoms with van der Waals surface area (Å²) in [5.41, 5.74) is 1.75. The number of nitrogens with zero attached hydrogens (tertiary/aromatic N) is 4. The zero-order chi connectivity index (χ0) is 17.1. The minimum atomic E-state index is -0.281. The number of nitrogens with one attached hydrogen (secondary N) is 1. The van der Waals surface area contributed by atoms with Crippen molar-refractivity contribution in [1.29, 1.82) is 0 Å². The number of rotatable bonds is 5. The number of carbonyl (C=O) groups is 1. The number of aromatic nitrogens is 3. The van der Waals surface area contributed by atoms with Crippen LogP contribution in [0.3, 0.4) is 0 Å². The van der Waals surface area contributed by atoms with E-state index in [9.17, 15) is 4.79 Å². The van der Waals surface area contributed by atoms with Crippen LogP contribution in [-0.4, -0.2) is 57.9 Å². The maximum atomic E-state index is 12.2. The van der Waals surface area contributed by atoms with Crippen molar-refractivity contribution in [1.82, 2.24) is 24.9 Å². The van der Waals surface area contributed by atoms with Gasteiger partial charge in [-0.2, -0.15) is 0 Å². The van der Waals surface area contributed by atoms with Crippen LogP contribution in [-0.2, 0) is 11.8 Å². The van der Waals surface area contributed by atoms with Crippen molar-refractivity contribution in [3.05, 3.63) is 35.7 Å². The first-order valence-corrected chi connectivity index (χ1v) is 8.13. The quantitative estimate of drug-likeness (QED) is 0.875. The van der Waals surface area contributed by atoms with E-state index < -0.39 is 0 Å². The van der Waals surface area contributed by atoms with Crippen molar-refractivity contribution in [3.63, 3.8) is 0 Å². The Kier molecular flexibility index (Phi) is 4.96. The average Bonchev–Trinajstić information content (AvgIpc) is 3.20. The van der Waals surface area contributed by atoms with E-state index in [1.54, 1.807) is 19.3 Å². The monoisotopic (exact) mass is 333 g/mol. The van der Waals surface area contributed by atoms with Gasteiger partial charge in [0, 0.05) is 32.4 Å². The van der Waals surface area contributed by atoms with Crippen LogP contribution in [0.1, 0.15) is 34.9 Å². The summed E-state index contributed by atoms with van der Waals surface area (Å²) in [6, 6.07) is 1.67. The van der Waals surface area contributed by atoms with Crippen LogP contribution in [0.15, 0.2) is 23.1 Å². The number of amides is 1. The van der Waals surface area contributed by atoms with Gasteiger partial charge in [0.05, 0.1) is 36.5 Å². The molecule has 2 aromatic rings. The topological polar surface area (TPSA) is 85.4 Å². The normalized spacial score (nSPS) is 21.8. The maximum Gasteiger partial charge on any atom is 0.289 e. The molecule has 24 heavy (non-hydrogen) atoms. The maximum absolute atomic E-state index is 12.2. The third kappa shape index (κ3) is 3.34. The molecule has 0 bridgehead atoms. The fourth-order valence-electron chi connectivity index (χ4n) is 3.09. The smallest absolute Gasteiger partial charge is 0.289 e. The lowest BCUT2D eigenvalue weighted by Gasteiger charge is -2.40. The van der Waals surface area contributed by atoms with E-state index in [1.165, 1.54) is 0 Å². The van der Waals surface area contributed by atoms with Gasteiger partial charge in [0.2, 0.25) is 5.76 Å². The van der Waals surface area contributed by atoms with Crippen molar-refractivity contribution in [2.45, 2.75) is 26.0 Å². The van der Waals surface area contributed by atoms with Crippen molar-refractivity contribution in [2.75, 3.05) is 26.2 Å². The molecule has 1 aliphatic heterocycles. The highest BCUT2D eigenvalue weighted by atomic mass is 16.5. The second-order valence-corrected chi connectivity index (χ2v) is 5.95. The fourth-order valence-corrected chi connectivity index (χ4v) is 3.09. The number of likely N-dealkylation sites (N-methyl/N-ethyl adjacent to an activating group) is 1. The number of carbonyl (C=O) groups excluding carboxylic acids is 1. The van der Waals surface area contributed by atoms with Gasteiger partial charge in [-0.05, 0) is 13.5 Å². The number of imidazole rings is 1. The Labute approximate surface area is 140 Å². The minimum absolute atomic E-state index is 0.0491. The molecule has 0 unspecified atom stereocenters. The van der Waals surface area contributed by atoms with Crippen LogP contribution in [0, 0.1) is 6.92 Å². The molecule has 0 aliphatic carbocycles. The lowest BCUT2D eigenvalue weighted by Crippen LogP contribution is -2.50. The Hall–Kier alpha value is -2.19. The van der Waals surface area contributed by atoms with Crippen molar-refractivity contribution in [2.24, 2.45) is 7.05 Å². The van der Waals surface area contributed by atoms with E-state index in [0.29, 0.717) is 18.8 Å². The van der Waals surface area contributed by atoms with Crippen LogP contribution in [0.4, 0.5) is 0 Å². The standard InChI is InChI=1S/C16H23N5O3/c1-4-21-5-6-23-14(15(21)12-8-17-10-20(12)3)9-18-16(22)13-7-11(2)19-24-13/h7-8,10,14-15H,4-6,9H2,1-3H3,(H,18,22)/t14-,15-/m0/s1. The molecular weight excluding hydrogens is 310 g/mol. The Morgan fingerprint density at radius 3 is 2.96 bits per heavy atom. The van der Waals surface area contributed by atoms with Gasteiger partial charge in [0.1, 0.15) is 0 Å². The molecule has 1 aliphatic rings. The molecule has 8 nitrogen and oxygen atoms in total.